The largest absolute Gasteiger partial charge is 0.481 e. The van der Waals surface area contributed by atoms with Gasteiger partial charge in [0.2, 0.25) is 0 Å². The van der Waals surface area contributed by atoms with Crippen LogP contribution in [0.25, 0.3) is 0 Å². The number of carboxylic acids is 1. The van der Waals surface area contributed by atoms with E-state index in [4.69, 9.17) is 4.74 Å². The summed E-state index contributed by atoms with van der Waals surface area (Å²) in [5.74, 6) is -1.31. The molecular weight excluding hydrogens is 246 g/mol. The molecule has 0 aromatic rings. The van der Waals surface area contributed by atoms with Crippen LogP contribution in [0.3, 0.4) is 0 Å². The third-order valence-corrected chi connectivity index (χ3v) is 3.88. The number of carbonyl (C=O) groups excluding carboxylic acids is 1. The SMILES string of the molecule is CC(C)(C)OC(=O)NC1C(C)(C)C(C(=O)O)C1(C)C. The molecule has 0 spiro atoms. The summed E-state index contributed by atoms with van der Waals surface area (Å²) < 4.78 is 5.23. The number of carbonyl (C=O) groups is 2. The van der Waals surface area contributed by atoms with Crippen molar-refractivity contribution in [2.75, 3.05) is 0 Å². The Morgan fingerprint density at radius 3 is 1.84 bits per heavy atom. The van der Waals surface area contributed by atoms with Crippen molar-refractivity contribution in [2.24, 2.45) is 16.7 Å². The van der Waals surface area contributed by atoms with Gasteiger partial charge in [0.1, 0.15) is 5.60 Å². The number of amides is 1. The van der Waals surface area contributed by atoms with Crippen molar-refractivity contribution < 1.29 is 19.4 Å². The van der Waals surface area contributed by atoms with Gasteiger partial charge in [-0.2, -0.15) is 0 Å². The zero-order valence-corrected chi connectivity index (χ0v) is 12.8. The van der Waals surface area contributed by atoms with Crippen molar-refractivity contribution in [3.8, 4) is 0 Å². The number of carboxylic acid groups (broad SMARTS) is 1. The number of nitrogens with one attached hydrogen (secondary N) is 1. The van der Waals surface area contributed by atoms with E-state index in [1.165, 1.54) is 0 Å². The first-order valence-corrected chi connectivity index (χ1v) is 6.52. The lowest BCUT2D eigenvalue weighted by atomic mass is 9.44. The van der Waals surface area contributed by atoms with Crippen molar-refractivity contribution in [2.45, 2.75) is 60.1 Å². The van der Waals surface area contributed by atoms with Crippen molar-refractivity contribution in [1.29, 1.82) is 0 Å². The summed E-state index contributed by atoms with van der Waals surface area (Å²) in [5, 5.41) is 12.1. The zero-order chi connectivity index (χ0) is 15.2. The molecule has 2 N–H and O–H groups in total. The Balaban J connectivity index is 2.80. The maximum absolute atomic E-state index is 11.8. The summed E-state index contributed by atoms with van der Waals surface area (Å²) in [6.45, 7) is 12.8. The molecule has 5 nitrogen and oxygen atoms in total. The number of alkyl carbamates (subject to hydrolysis) is 1. The van der Waals surface area contributed by atoms with Crippen LogP contribution in [-0.2, 0) is 9.53 Å². The predicted octanol–water partition coefficient (Wildman–Crippen LogP) is 2.65. The third-order valence-electron chi connectivity index (χ3n) is 3.88. The summed E-state index contributed by atoms with van der Waals surface area (Å²) >= 11 is 0. The van der Waals surface area contributed by atoms with Gasteiger partial charge in [0.25, 0.3) is 0 Å². The second-order valence-corrected chi connectivity index (χ2v) is 7.49. The minimum Gasteiger partial charge on any atom is -0.481 e. The smallest absolute Gasteiger partial charge is 0.407 e. The minimum absolute atomic E-state index is 0.226. The van der Waals surface area contributed by atoms with Crippen molar-refractivity contribution in [3.05, 3.63) is 0 Å². The van der Waals surface area contributed by atoms with E-state index < -0.39 is 34.4 Å². The van der Waals surface area contributed by atoms with Crippen molar-refractivity contribution >= 4 is 12.1 Å². The van der Waals surface area contributed by atoms with E-state index in [0.29, 0.717) is 0 Å². The number of hydrogen-bond donors (Lipinski definition) is 2. The van der Waals surface area contributed by atoms with Crippen molar-refractivity contribution in [3.63, 3.8) is 0 Å². The van der Waals surface area contributed by atoms with Crippen LogP contribution in [0.1, 0.15) is 48.5 Å². The van der Waals surface area contributed by atoms with Crippen LogP contribution in [0.4, 0.5) is 4.79 Å². The Morgan fingerprint density at radius 2 is 1.53 bits per heavy atom. The molecule has 1 amide bonds. The lowest BCUT2D eigenvalue weighted by Gasteiger charge is -2.62. The minimum atomic E-state index is -0.822. The second-order valence-electron chi connectivity index (χ2n) is 7.49. The second kappa shape index (κ2) is 4.39. The van der Waals surface area contributed by atoms with Crippen LogP contribution in [0.5, 0.6) is 0 Å². The van der Waals surface area contributed by atoms with Crippen molar-refractivity contribution in [1.82, 2.24) is 5.32 Å². The lowest BCUT2D eigenvalue weighted by molar-refractivity contribution is -0.180. The van der Waals surface area contributed by atoms with E-state index in [1.807, 2.05) is 27.7 Å². The highest BCUT2D eigenvalue weighted by atomic mass is 16.6. The monoisotopic (exact) mass is 271 g/mol. The predicted molar refractivity (Wildman–Crippen MR) is 71.8 cm³/mol. The van der Waals surface area contributed by atoms with Gasteiger partial charge in [-0.15, -0.1) is 0 Å². The molecule has 0 atom stereocenters. The molecule has 0 saturated heterocycles. The van der Waals surface area contributed by atoms with E-state index in [1.54, 1.807) is 20.8 Å². The van der Waals surface area contributed by atoms with Gasteiger partial charge in [0, 0.05) is 6.04 Å². The normalized spacial score (nSPS) is 28.2. The fourth-order valence-electron chi connectivity index (χ4n) is 3.59. The molecule has 1 rings (SSSR count). The lowest BCUT2D eigenvalue weighted by Crippen LogP contribution is -2.72. The fraction of sp³-hybridized carbons (Fsp3) is 0.857. The van der Waals surface area contributed by atoms with E-state index in [-0.39, 0.29) is 6.04 Å². The van der Waals surface area contributed by atoms with Gasteiger partial charge in [0.05, 0.1) is 5.92 Å². The van der Waals surface area contributed by atoms with Crippen LogP contribution in [0.2, 0.25) is 0 Å². The number of hydrogen-bond acceptors (Lipinski definition) is 3. The summed E-state index contributed by atoms with van der Waals surface area (Å²) in [6.07, 6.45) is -0.498. The summed E-state index contributed by atoms with van der Waals surface area (Å²) in [6, 6.07) is -0.226. The van der Waals surface area contributed by atoms with Gasteiger partial charge in [-0.05, 0) is 31.6 Å². The number of rotatable bonds is 2. The van der Waals surface area contributed by atoms with Gasteiger partial charge in [-0.25, -0.2) is 4.79 Å². The molecule has 1 aliphatic rings. The fourth-order valence-corrected chi connectivity index (χ4v) is 3.59. The van der Waals surface area contributed by atoms with Gasteiger partial charge in [-0.3, -0.25) is 4.79 Å². The maximum Gasteiger partial charge on any atom is 0.407 e. The summed E-state index contributed by atoms with van der Waals surface area (Å²) in [5.41, 5.74) is -1.55. The van der Waals surface area contributed by atoms with E-state index in [9.17, 15) is 14.7 Å². The first kappa shape index (κ1) is 15.8. The van der Waals surface area contributed by atoms with E-state index in [0.717, 1.165) is 0 Å². The molecule has 110 valence electrons. The molecule has 5 heteroatoms. The van der Waals surface area contributed by atoms with Crippen LogP contribution < -0.4 is 5.32 Å². The first-order valence-electron chi connectivity index (χ1n) is 6.52. The molecule has 0 unspecified atom stereocenters. The summed E-state index contributed by atoms with van der Waals surface area (Å²) in [7, 11) is 0. The topological polar surface area (TPSA) is 75.6 Å². The molecule has 0 aromatic carbocycles. The highest BCUT2D eigenvalue weighted by Crippen LogP contribution is 2.58. The van der Waals surface area contributed by atoms with Gasteiger partial charge < -0.3 is 15.2 Å². The highest BCUT2D eigenvalue weighted by molar-refractivity contribution is 5.76. The Labute approximate surface area is 114 Å². The van der Waals surface area contributed by atoms with Gasteiger partial charge >= 0.3 is 12.1 Å². The molecule has 0 bridgehead atoms. The molecule has 0 radical (unpaired) electrons. The molecule has 1 fully saturated rings. The molecule has 1 saturated carbocycles. The average molecular weight is 271 g/mol. The standard InChI is InChI=1S/C14H25NO4/c1-12(2,3)19-11(18)15-10-13(4,5)8(9(16)17)14(10,6)7/h8,10H,1-7H3,(H,15,18)(H,16,17). The zero-order valence-electron chi connectivity index (χ0n) is 12.8. The molecule has 0 heterocycles. The molecule has 0 aromatic heterocycles. The van der Waals surface area contributed by atoms with Gasteiger partial charge in [0.15, 0.2) is 0 Å². The maximum atomic E-state index is 11.8. The molecule has 19 heavy (non-hydrogen) atoms. The summed E-state index contributed by atoms with van der Waals surface area (Å²) in [4.78, 5) is 23.2. The van der Waals surface area contributed by atoms with Gasteiger partial charge in [-0.1, -0.05) is 27.7 Å². The molecule has 1 aliphatic carbocycles. The Bertz CT molecular complexity index is 377. The Hall–Kier alpha value is -1.26. The van der Waals surface area contributed by atoms with E-state index >= 15 is 0 Å². The molecule has 0 aliphatic heterocycles. The van der Waals surface area contributed by atoms with Crippen LogP contribution >= 0.6 is 0 Å². The highest BCUT2D eigenvalue weighted by Gasteiger charge is 2.65. The number of ether oxygens (including phenoxy) is 1. The third kappa shape index (κ3) is 2.85. The first-order chi connectivity index (χ1) is 8.30. The van der Waals surface area contributed by atoms with Crippen LogP contribution in [0, 0.1) is 16.7 Å². The Morgan fingerprint density at radius 1 is 1.11 bits per heavy atom. The van der Waals surface area contributed by atoms with Crippen LogP contribution in [0.15, 0.2) is 0 Å². The van der Waals surface area contributed by atoms with Crippen LogP contribution in [-0.4, -0.2) is 28.8 Å². The number of aliphatic carboxylic acids is 1. The quantitative estimate of drug-likeness (QED) is 0.809. The average Bonchev–Trinajstić information content (AvgIpc) is 2.08. The Kier molecular flexibility index (Phi) is 3.65. The molecular formula is C14H25NO4. The van der Waals surface area contributed by atoms with E-state index in [2.05, 4.69) is 5.32 Å².